The molecule has 0 radical (unpaired) electrons. The Labute approximate surface area is 117 Å². The van der Waals surface area contributed by atoms with Crippen LogP contribution in [0.25, 0.3) is 0 Å². The Morgan fingerprint density at radius 3 is 2.53 bits per heavy atom. The molecule has 3 N–H and O–H groups in total. The third kappa shape index (κ3) is 3.64. The van der Waals surface area contributed by atoms with Gasteiger partial charge in [0, 0.05) is 18.2 Å². The molecule has 1 aliphatic carbocycles. The Balaban J connectivity index is 0.00000180. The topological polar surface area (TPSA) is 55.1 Å². The Morgan fingerprint density at radius 1 is 1.32 bits per heavy atom. The fraction of sp³-hybridized carbons (Fsp3) is 0.462. The van der Waals surface area contributed by atoms with Gasteiger partial charge in [0.05, 0.1) is 5.54 Å². The van der Waals surface area contributed by atoms with Gasteiger partial charge in [0.15, 0.2) is 0 Å². The lowest BCUT2D eigenvalue weighted by Gasteiger charge is -2.22. The van der Waals surface area contributed by atoms with E-state index in [0.717, 1.165) is 18.9 Å². The zero-order chi connectivity index (χ0) is 13.2. The Hall–Kier alpha value is -1.20. The number of carbonyl (C=O) groups excluding carboxylic acids is 1. The zero-order valence-electron chi connectivity index (χ0n) is 10.4. The van der Waals surface area contributed by atoms with Gasteiger partial charge in [0.1, 0.15) is 11.6 Å². The van der Waals surface area contributed by atoms with Gasteiger partial charge in [-0.25, -0.2) is 8.78 Å². The van der Waals surface area contributed by atoms with Gasteiger partial charge in [-0.05, 0) is 18.9 Å². The van der Waals surface area contributed by atoms with Crippen LogP contribution in [0.3, 0.4) is 0 Å². The van der Waals surface area contributed by atoms with Crippen LogP contribution in [-0.4, -0.2) is 11.4 Å². The van der Waals surface area contributed by atoms with E-state index >= 15 is 0 Å². The molecule has 3 nitrogen and oxygen atoms in total. The summed E-state index contributed by atoms with van der Waals surface area (Å²) in [5.74, 6) is -1.55. The van der Waals surface area contributed by atoms with Crippen LogP contribution in [0.2, 0.25) is 0 Å². The van der Waals surface area contributed by atoms with E-state index in [9.17, 15) is 13.6 Å². The van der Waals surface area contributed by atoms with Crippen molar-refractivity contribution in [3.8, 4) is 0 Å². The summed E-state index contributed by atoms with van der Waals surface area (Å²) >= 11 is 0. The molecule has 0 saturated heterocycles. The van der Waals surface area contributed by atoms with E-state index in [1.807, 2.05) is 0 Å². The lowest BCUT2D eigenvalue weighted by atomic mass is 9.98. The highest BCUT2D eigenvalue weighted by Gasteiger charge is 2.36. The van der Waals surface area contributed by atoms with E-state index in [2.05, 4.69) is 5.32 Å². The van der Waals surface area contributed by atoms with Gasteiger partial charge in [0.2, 0.25) is 5.91 Å². The van der Waals surface area contributed by atoms with Crippen LogP contribution >= 0.6 is 12.4 Å². The number of benzene rings is 1. The minimum absolute atomic E-state index is 0. The van der Waals surface area contributed by atoms with Gasteiger partial charge >= 0.3 is 0 Å². The summed E-state index contributed by atoms with van der Waals surface area (Å²) in [7, 11) is 0. The Kier molecular flexibility index (Phi) is 5.26. The van der Waals surface area contributed by atoms with Crippen molar-refractivity contribution in [3.63, 3.8) is 0 Å². The smallest absolute Gasteiger partial charge is 0.240 e. The van der Waals surface area contributed by atoms with Gasteiger partial charge in [-0.2, -0.15) is 0 Å². The number of halogens is 3. The molecule has 106 valence electrons. The number of hydrogen-bond acceptors (Lipinski definition) is 2. The molecule has 1 saturated carbocycles. The number of amides is 1. The molecule has 1 amide bonds. The highest BCUT2D eigenvalue weighted by molar-refractivity contribution is 5.86. The highest BCUT2D eigenvalue weighted by Crippen LogP contribution is 2.27. The summed E-state index contributed by atoms with van der Waals surface area (Å²) in [6.07, 6.45) is 3.19. The van der Waals surface area contributed by atoms with Crippen molar-refractivity contribution in [2.24, 2.45) is 5.73 Å². The van der Waals surface area contributed by atoms with Crippen molar-refractivity contribution in [2.45, 2.75) is 37.8 Å². The van der Waals surface area contributed by atoms with Crippen LogP contribution < -0.4 is 11.1 Å². The van der Waals surface area contributed by atoms with Crippen LogP contribution in [0.1, 0.15) is 31.2 Å². The first kappa shape index (κ1) is 15.9. The lowest BCUT2D eigenvalue weighted by molar-refractivity contribution is -0.126. The highest BCUT2D eigenvalue weighted by atomic mass is 35.5. The zero-order valence-corrected chi connectivity index (χ0v) is 11.2. The predicted octanol–water partition coefficient (Wildman–Crippen LogP) is 2.27. The normalized spacial score (nSPS) is 16.8. The third-order valence-electron chi connectivity index (χ3n) is 3.40. The van der Waals surface area contributed by atoms with Crippen molar-refractivity contribution < 1.29 is 13.6 Å². The largest absolute Gasteiger partial charge is 0.350 e. The summed E-state index contributed by atoms with van der Waals surface area (Å²) in [5.41, 5.74) is 5.40. The summed E-state index contributed by atoms with van der Waals surface area (Å²) in [6.45, 7) is 0.0316. The molecule has 1 fully saturated rings. The van der Waals surface area contributed by atoms with Crippen molar-refractivity contribution >= 4 is 18.3 Å². The maximum absolute atomic E-state index is 13.4. The van der Waals surface area contributed by atoms with Gasteiger partial charge in [-0.15, -0.1) is 12.4 Å². The summed E-state index contributed by atoms with van der Waals surface area (Å²) < 4.78 is 26.1. The maximum Gasteiger partial charge on any atom is 0.240 e. The maximum atomic E-state index is 13.4. The molecule has 19 heavy (non-hydrogen) atoms. The second kappa shape index (κ2) is 6.30. The van der Waals surface area contributed by atoms with Crippen LogP contribution in [-0.2, 0) is 11.3 Å². The fourth-order valence-electron chi connectivity index (χ4n) is 2.25. The molecule has 1 aromatic rings. The monoisotopic (exact) mass is 290 g/mol. The Morgan fingerprint density at radius 2 is 1.95 bits per heavy atom. The average molecular weight is 291 g/mol. The van der Waals surface area contributed by atoms with Gasteiger partial charge in [-0.1, -0.05) is 18.9 Å². The number of rotatable bonds is 3. The van der Waals surface area contributed by atoms with E-state index in [-0.39, 0.29) is 30.4 Å². The molecule has 2 rings (SSSR count). The molecule has 6 heteroatoms. The third-order valence-corrected chi connectivity index (χ3v) is 3.40. The lowest BCUT2D eigenvalue weighted by Crippen LogP contribution is -2.51. The first-order valence-electron chi connectivity index (χ1n) is 6.02. The molecule has 0 aromatic heterocycles. The minimum Gasteiger partial charge on any atom is -0.350 e. The standard InChI is InChI=1S/C13H16F2N2O.ClH/c14-10-4-3-9(11(15)7-10)8-17-12(18)13(16)5-1-2-6-13;/h3-4,7H,1-2,5-6,8,16H2,(H,17,18);1H. The SMILES string of the molecule is Cl.NC1(C(=O)NCc2ccc(F)cc2F)CCCC1. The van der Waals surface area contributed by atoms with E-state index in [4.69, 9.17) is 5.73 Å². The van der Waals surface area contributed by atoms with Crippen LogP contribution in [0.15, 0.2) is 18.2 Å². The van der Waals surface area contributed by atoms with Crippen molar-refractivity contribution in [1.82, 2.24) is 5.32 Å². The van der Waals surface area contributed by atoms with E-state index in [0.29, 0.717) is 12.8 Å². The molecule has 0 aliphatic heterocycles. The van der Waals surface area contributed by atoms with Gasteiger partial charge in [-0.3, -0.25) is 4.79 Å². The van der Waals surface area contributed by atoms with E-state index in [1.54, 1.807) is 0 Å². The minimum atomic E-state index is -0.823. The van der Waals surface area contributed by atoms with Crippen LogP contribution in [0.4, 0.5) is 8.78 Å². The second-order valence-electron chi connectivity index (χ2n) is 4.78. The molecule has 0 spiro atoms. The molecule has 0 bridgehead atoms. The van der Waals surface area contributed by atoms with Crippen molar-refractivity contribution in [2.75, 3.05) is 0 Å². The molecule has 0 heterocycles. The first-order chi connectivity index (χ1) is 8.51. The summed E-state index contributed by atoms with van der Waals surface area (Å²) in [6, 6.07) is 3.29. The van der Waals surface area contributed by atoms with Crippen molar-refractivity contribution in [1.29, 1.82) is 0 Å². The quantitative estimate of drug-likeness (QED) is 0.897. The molecule has 0 atom stereocenters. The van der Waals surface area contributed by atoms with Crippen molar-refractivity contribution in [3.05, 3.63) is 35.4 Å². The average Bonchev–Trinajstić information content (AvgIpc) is 2.76. The number of carbonyl (C=O) groups is 1. The van der Waals surface area contributed by atoms with Gasteiger partial charge in [0.25, 0.3) is 0 Å². The first-order valence-corrected chi connectivity index (χ1v) is 6.02. The summed E-state index contributed by atoms with van der Waals surface area (Å²) in [5, 5.41) is 2.62. The van der Waals surface area contributed by atoms with E-state index in [1.165, 1.54) is 12.1 Å². The van der Waals surface area contributed by atoms with Crippen LogP contribution in [0.5, 0.6) is 0 Å². The fourth-order valence-corrected chi connectivity index (χ4v) is 2.25. The van der Waals surface area contributed by atoms with E-state index < -0.39 is 17.2 Å². The molecule has 1 aromatic carbocycles. The second-order valence-corrected chi connectivity index (χ2v) is 4.78. The number of hydrogen-bond donors (Lipinski definition) is 2. The summed E-state index contributed by atoms with van der Waals surface area (Å²) in [4.78, 5) is 11.9. The molecule has 0 unspecified atom stereocenters. The molecular weight excluding hydrogens is 274 g/mol. The Bertz CT molecular complexity index is 462. The molecule has 1 aliphatic rings. The van der Waals surface area contributed by atoms with Crippen LogP contribution in [0, 0.1) is 11.6 Å². The van der Waals surface area contributed by atoms with Gasteiger partial charge < -0.3 is 11.1 Å². The molecular formula is C13H17ClF2N2O. The predicted molar refractivity (Wildman–Crippen MR) is 70.8 cm³/mol. The number of nitrogens with one attached hydrogen (secondary N) is 1. The number of nitrogens with two attached hydrogens (primary N) is 1.